The van der Waals surface area contributed by atoms with E-state index in [0.717, 1.165) is 0 Å². The van der Waals surface area contributed by atoms with Crippen LogP contribution in [0.2, 0.25) is 0 Å². The highest BCUT2D eigenvalue weighted by Gasteiger charge is 2.15. The first-order valence-electron chi connectivity index (χ1n) is 4.82. The molecule has 0 aromatic heterocycles. The van der Waals surface area contributed by atoms with Crippen molar-refractivity contribution in [1.82, 2.24) is 0 Å². The molecule has 88 valence electrons. The highest BCUT2D eigenvalue weighted by molar-refractivity contribution is 5.71. The molecule has 0 fully saturated rings. The topological polar surface area (TPSA) is 55.8 Å². The molecule has 0 aliphatic heterocycles. The third kappa shape index (κ3) is 10.6. The number of aliphatic hydroxyl groups is 1. The van der Waals surface area contributed by atoms with Crippen molar-refractivity contribution >= 4 is 5.97 Å². The molecule has 0 aliphatic rings. The van der Waals surface area contributed by atoms with Crippen LogP contribution in [0, 0.1) is 23.7 Å². The van der Waals surface area contributed by atoms with E-state index in [-0.39, 0.29) is 19.8 Å². The predicted molar refractivity (Wildman–Crippen MR) is 59.3 cm³/mol. The van der Waals surface area contributed by atoms with Crippen LogP contribution >= 0.6 is 0 Å². The second-order valence-corrected chi connectivity index (χ2v) is 3.84. The highest BCUT2D eigenvalue weighted by atomic mass is 16.6. The van der Waals surface area contributed by atoms with Crippen LogP contribution in [0.15, 0.2) is 0 Å². The maximum Gasteiger partial charge on any atom is 0.332 e. The molecular weight excluding hydrogens is 208 g/mol. The van der Waals surface area contributed by atoms with Gasteiger partial charge in [0.25, 0.3) is 0 Å². The number of ether oxygens (including phenoxy) is 2. The molecule has 0 rings (SSSR count). The molecule has 0 aliphatic carbocycles. The Hall–Kier alpha value is -1.49. The normalized spacial score (nSPS) is 9.50. The maximum absolute atomic E-state index is 11.1. The Labute approximate surface area is 95.9 Å². The quantitative estimate of drug-likeness (QED) is 0.427. The molecule has 0 amide bonds. The molecule has 4 nitrogen and oxygen atoms in total. The van der Waals surface area contributed by atoms with Crippen LogP contribution in [-0.2, 0) is 14.3 Å². The van der Waals surface area contributed by atoms with Crippen molar-refractivity contribution in [3.63, 3.8) is 0 Å². The van der Waals surface area contributed by atoms with E-state index in [1.54, 1.807) is 20.8 Å². The Morgan fingerprint density at radius 3 is 2.44 bits per heavy atom. The number of carbonyl (C=O) groups is 1. The lowest BCUT2D eigenvalue weighted by Gasteiger charge is -2.19. The van der Waals surface area contributed by atoms with Crippen molar-refractivity contribution in [2.24, 2.45) is 0 Å². The van der Waals surface area contributed by atoms with Crippen LogP contribution in [-0.4, -0.2) is 36.5 Å². The fraction of sp³-hybridized carbons (Fsp3) is 0.583. The number of rotatable bonds is 3. The number of carbonyl (C=O) groups excluding carboxylic acids is 1. The summed E-state index contributed by atoms with van der Waals surface area (Å²) in [6, 6.07) is 0. The smallest absolute Gasteiger partial charge is 0.332 e. The second-order valence-electron chi connectivity index (χ2n) is 3.84. The van der Waals surface area contributed by atoms with Gasteiger partial charge in [-0.3, -0.25) is 0 Å². The zero-order chi connectivity index (χ0) is 12.4. The van der Waals surface area contributed by atoms with E-state index in [1.807, 2.05) is 0 Å². The number of aliphatic hydroxyl groups excluding tert-OH is 1. The summed E-state index contributed by atoms with van der Waals surface area (Å²) in [5.41, 5.74) is -0.501. The van der Waals surface area contributed by atoms with Gasteiger partial charge in [-0.1, -0.05) is 11.8 Å². The summed E-state index contributed by atoms with van der Waals surface area (Å²) in [5, 5.41) is 8.32. The Morgan fingerprint density at radius 1 is 1.25 bits per heavy atom. The van der Waals surface area contributed by atoms with Crippen LogP contribution in [0.25, 0.3) is 0 Å². The fourth-order valence-corrected chi connectivity index (χ4v) is 0.720. The third-order valence-electron chi connectivity index (χ3n) is 1.13. The standard InChI is InChI=1S/C12H16O4/c1-12(2,3)16-11(14)10-15-9-7-5-4-6-8-13/h13H,8-10H2,1-3H3. The molecule has 4 heteroatoms. The Kier molecular flexibility index (Phi) is 7.03. The average molecular weight is 224 g/mol. The number of hydrogen-bond donors (Lipinski definition) is 1. The third-order valence-corrected chi connectivity index (χ3v) is 1.13. The average Bonchev–Trinajstić information content (AvgIpc) is 2.13. The highest BCUT2D eigenvalue weighted by Crippen LogP contribution is 2.06. The van der Waals surface area contributed by atoms with Crippen molar-refractivity contribution in [3.8, 4) is 23.7 Å². The predicted octanol–water partition coefficient (Wildman–Crippen LogP) is 0.344. The van der Waals surface area contributed by atoms with Gasteiger partial charge in [-0.25, -0.2) is 4.79 Å². The molecule has 0 saturated carbocycles. The lowest BCUT2D eigenvalue weighted by atomic mass is 10.2. The van der Waals surface area contributed by atoms with Gasteiger partial charge >= 0.3 is 5.97 Å². The molecule has 0 radical (unpaired) electrons. The summed E-state index contributed by atoms with van der Waals surface area (Å²) < 4.78 is 9.95. The monoisotopic (exact) mass is 224 g/mol. The molecule has 16 heavy (non-hydrogen) atoms. The van der Waals surface area contributed by atoms with Crippen molar-refractivity contribution in [2.75, 3.05) is 19.8 Å². The second kappa shape index (κ2) is 7.76. The van der Waals surface area contributed by atoms with Crippen molar-refractivity contribution in [2.45, 2.75) is 26.4 Å². The van der Waals surface area contributed by atoms with E-state index in [0.29, 0.717) is 0 Å². The fourth-order valence-electron chi connectivity index (χ4n) is 0.720. The lowest BCUT2D eigenvalue weighted by Crippen LogP contribution is -2.26. The van der Waals surface area contributed by atoms with E-state index >= 15 is 0 Å². The van der Waals surface area contributed by atoms with Crippen molar-refractivity contribution in [3.05, 3.63) is 0 Å². The summed E-state index contributed by atoms with van der Waals surface area (Å²) in [6.45, 7) is 5.13. The molecule has 0 atom stereocenters. The maximum atomic E-state index is 11.1. The van der Waals surface area contributed by atoms with Crippen molar-refractivity contribution < 1.29 is 19.4 Å². The molecular formula is C12H16O4. The molecule has 0 saturated heterocycles. The van der Waals surface area contributed by atoms with Gasteiger partial charge in [-0.2, -0.15) is 0 Å². The largest absolute Gasteiger partial charge is 0.458 e. The van der Waals surface area contributed by atoms with Crippen molar-refractivity contribution in [1.29, 1.82) is 0 Å². The summed E-state index contributed by atoms with van der Waals surface area (Å²) in [4.78, 5) is 11.1. The first-order chi connectivity index (χ1) is 7.45. The van der Waals surface area contributed by atoms with Gasteiger partial charge in [0.15, 0.2) is 0 Å². The minimum atomic E-state index is -0.501. The summed E-state index contributed by atoms with van der Waals surface area (Å²) >= 11 is 0. The Morgan fingerprint density at radius 2 is 1.88 bits per heavy atom. The molecule has 0 spiro atoms. The molecule has 0 heterocycles. The molecule has 0 bridgehead atoms. The van der Waals surface area contributed by atoms with Crippen LogP contribution in [0.5, 0.6) is 0 Å². The van der Waals surface area contributed by atoms with Gasteiger partial charge < -0.3 is 14.6 Å². The van der Waals surface area contributed by atoms with Gasteiger partial charge in [0, 0.05) is 0 Å². The van der Waals surface area contributed by atoms with E-state index in [4.69, 9.17) is 14.6 Å². The Bertz CT molecular complexity index is 330. The molecule has 0 unspecified atom stereocenters. The SMILES string of the molecule is CC(C)(C)OC(=O)COCC#CC#CCO. The summed E-state index contributed by atoms with van der Waals surface area (Å²) in [6.07, 6.45) is 0. The molecule has 0 aromatic rings. The molecule has 1 N–H and O–H groups in total. The van der Waals surface area contributed by atoms with E-state index in [9.17, 15) is 4.79 Å². The van der Waals surface area contributed by atoms with Gasteiger partial charge in [0.1, 0.15) is 25.4 Å². The zero-order valence-corrected chi connectivity index (χ0v) is 9.79. The minimum Gasteiger partial charge on any atom is -0.458 e. The van der Waals surface area contributed by atoms with Gasteiger partial charge in [0.2, 0.25) is 0 Å². The summed E-state index contributed by atoms with van der Waals surface area (Å²) in [5.74, 6) is 9.38. The van der Waals surface area contributed by atoms with E-state index < -0.39 is 11.6 Å². The van der Waals surface area contributed by atoms with Crippen LogP contribution in [0.4, 0.5) is 0 Å². The van der Waals surface area contributed by atoms with Gasteiger partial charge in [-0.15, -0.1) is 0 Å². The van der Waals surface area contributed by atoms with E-state index in [2.05, 4.69) is 23.7 Å². The van der Waals surface area contributed by atoms with Gasteiger partial charge in [0.05, 0.1) is 0 Å². The minimum absolute atomic E-state index is 0.110. The van der Waals surface area contributed by atoms with Crippen LogP contribution < -0.4 is 0 Å². The van der Waals surface area contributed by atoms with Crippen LogP contribution in [0.1, 0.15) is 20.8 Å². The summed E-state index contributed by atoms with van der Waals surface area (Å²) in [7, 11) is 0. The number of esters is 1. The molecule has 0 aromatic carbocycles. The number of hydrogen-bond acceptors (Lipinski definition) is 4. The van der Waals surface area contributed by atoms with Crippen LogP contribution in [0.3, 0.4) is 0 Å². The zero-order valence-electron chi connectivity index (χ0n) is 9.79. The lowest BCUT2D eigenvalue weighted by molar-refractivity contribution is -0.159. The Balaban J connectivity index is 3.66. The first-order valence-corrected chi connectivity index (χ1v) is 4.82. The van der Waals surface area contributed by atoms with E-state index in [1.165, 1.54) is 0 Å². The van der Waals surface area contributed by atoms with Gasteiger partial charge in [-0.05, 0) is 32.6 Å². The first kappa shape index (κ1) is 14.5.